The Morgan fingerprint density at radius 1 is 1.09 bits per heavy atom. The number of hydrogen-bond acceptors (Lipinski definition) is 3. The van der Waals surface area contributed by atoms with E-state index < -0.39 is 17.3 Å². The fourth-order valence-corrected chi connectivity index (χ4v) is 4.56. The van der Waals surface area contributed by atoms with Crippen LogP contribution in [0.2, 0.25) is 10.0 Å². The Balaban J connectivity index is 1.67. The van der Waals surface area contributed by atoms with Gasteiger partial charge in [-0.05, 0) is 49.1 Å². The summed E-state index contributed by atoms with van der Waals surface area (Å²) >= 11 is 12.4. The van der Waals surface area contributed by atoms with Gasteiger partial charge in [0.05, 0.1) is 16.4 Å². The van der Waals surface area contributed by atoms with Crippen LogP contribution in [0.5, 0.6) is 0 Å². The van der Waals surface area contributed by atoms with Gasteiger partial charge in [0.2, 0.25) is 0 Å². The van der Waals surface area contributed by atoms with E-state index in [1.807, 2.05) is 0 Å². The second-order valence-corrected chi connectivity index (χ2v) is 8.78. The van der Waals surface area contributed by atoms with Gasteiger partial charge in [-0.25, -0.2) is 9.07 Å². The van der Waals surface area contributed by atoms with E-state index in [-0.39, 0.29) is 11.3 Å². The van der Waals surface area contributed by atoms with Crippen LogP contribution < -0.4 is 16.4 Å². The highest BCUT2D eigenvalue weighted by Gasteiger charge is 2.23. The first-order chi connectivity index (χ1) is 15.4. The average molecular weight is 477 g/mol. The zero-order valence-corrected chi connectivity index (χ0v) is 18.8. The number of aromatic nitrogens is 2. The van der Waals surface area contributed by atoms with Crippen molar-refractivity contribution in [1.82, 2.24) is 14.8 Å². The Morgan fingerprint density at radius 2 is 1.84 bits per heavy atom. The van der Waals surface area contributed by atoms with E-state index in [0.29, 0.717) is 28.2 Å². The Labute approximate surface area is 194 Å². The maximum absolute atomic E-state index is 13.8. The minimum absolute atomic E-state index is 0.0735. The van der Waals surface area contributed by atoms with Crippen LogP contribution in [-0.2, 0) is 6.54 Å². The van der Waals surface area contributed by atoms with Crippen molar-refractivity contribution < 1.29 is 9.18 Å². The number of para-hydroxylation sites is 1. The number of carbonyl (C=O) groups excluding carboxylic acids is 1. The van der Waals surface area contributed by atoms with Crippen molar-refractivity contribution in [2.24, 2.45) is 5.92 Å². The number of nitrogens with one attached hydrogen (secondary N) is 2. The van der Waals surface area contributed by atoms with Gasteiger partial charge in [0.1, 0.15) is 11.4 Å². The zero-order chi connectivity index (χ0) is 22.7. The lowest BCUT2D eigenvalue weighted by atomic mass is 9.89. The summed E-state index contributed by atoms with van der Waals surface area (Å²) in [7, 11) is 0. The monoisotopic (exact) mass is 476 g/mol. The number of hydrogen-bond donors (Lipinski definition) is 2. The Bertz CT molecular complexity index is 1180. The molecular weight excluding hydrogens is 454 g/mol. The first-order valence-corrected chi connectivity index (χ1v) is 11.3. The summed E-state index contributed by atoms with van der Waals surface area (Å²) in [6, 6.07) is 10.8. The molecule has 4 rings (SSSR count). The molecule has 1 fully saturated rings. The zero-order valence-electron chi connectivity index (χ0n) is 17.3. The molecule has 0 bridgehead atoms. The molecule has 1 amide bonds. The molecule has 2 N–H and O–H groups in total. The van der Waals surface area contributed by atoms with Crippen molar-refractivity contribution in [3.8, 4) is 5.69 Å². The summed E-state index contributed by atoms with van der Waals surface area (Å²) < 4.78 is 17.0. The van der Waals surface area contributed by atoms with Crippen LogP contribution in [0.15, 0.2) is 53.5 Å². The Kier molecular flexibility index (Phi) is 6.86. The fourth-order valence-electron chi connectivity index (χ4n) is 4.07. The number of nitrogens with zero attached hydrogens (tertiary/aromatic N) is 2. The van der Waals surface area contributed by atoms with Crippen LogP contribution in [0.4, 0.5) is 10.1 Å². The second kappa shape index (κ2) is 9.79. The number of carbonyl (C=O) groups is 1. The van der Waals surface area contributed by atoms with Crippen LogP contribution >= 0.6 is 23.2 Å². The minimum Gasteiger partial charge on any atom is -0.295 e. The molecular formula is C23H23Cl2FN4O2. The third-order valence-electron chi connectivity index (χ3n) is 5.69. The third kappa shape index (κ3) is 4.84. The van der Waals surface area contributed by atoms with Gasteiger partial charge in [0.15, 0.2) is 0 Å². The van der Waals surface area contributed by atoms with E-state index >= 15 is 0 Å². The predicted octanol–water partition coefficient (Wildman–Crippen LogP) is 5.42. The van der Waals surface area contributed by atoms with Crippen molar-refractivity contribution in [1.29, 1.82) is 0 Å². The summed E-state index contributed by atoms with van der Waals surface area (Å²) in [6.07, 6.45) is 7.18. The molecule has 32 heavy (non-hydrogen) atoms. The van der Waals surface area contributed by atoms with Gasteiger partial charge < -0.3 is 0 Å². The first kappa shape index (κ1) is 22.4. The maximum atomic E-state index is 13.8. The quantitative estimate of drug-likeness (QED) is 0.466. The first-order valence-electron chi connectivity index (χ1n) is 10.5. The van der Waals surface area contributed by atoms with E-state index in [2.05, 4.69) is 10.9 Å². The van der Waals surface area contributed by atoms with Gasteiger partial charge in [0, 0.05) is 17.8 Å². The molecule has 1 heterocycles. The lowest BCUT2D eigenvalue weighted by Crippen LogP contribution is -2.34. The predicted molar refractivity (Wildman–Crippen MR) is 124 cm³/mol. The van der Waals surface area contributed by atoms with E-state index in [9.17, 15) is 14.0 Å². The summed E-state index contributed by atoms with van der Waals surface area (Å²) in [4.78, 5) is 26.1. The van der Waals surface area contributed by atoms with Crippen LogP contribution in [-0.4, -0.2) is 15.3 Å². The molecule has 0 atom stereocenters. The van der Waals surface area contributed by atoms with Gasteiger partial charge in [-0.1, -0.05) is 54.6 Å². The Morgan fingerprint density at radius 3 is 2.56 bits per heavy atom. The lowest BCUT2D eigenvalue weighted by Gasteiger charge is -2.23. The topological polar surface area (TPSA) is 68.1 Å². The summed E-state index contributed by atoms with van der Waals surface area (Å²) in [5, 5.41) is 0.753. The molecule has 0 radical (unpaired) electrons. The van der Waals surface area contributed by atoms with Crippen LogP contribution in [0.1, 0.15) is 42.5 Å². The second-order valence-electron chi connectivity index (χ2n) is 7.94. The van der Waals surface area contributed by atoms with E-state index in [1.54, 1.807) is 35.0 Å². The molecule has 0 spiro atoms. The van der Waals surface area contributed by atoms with Gasteiger partial charge >= 0.3 is 0 Å². The van der Waals surface area contributed by atoms with Crippen molar-refractivity contribution >= 4 is 34.8 Å². The number of benzene rings is 2. The molecule has 0 unspecified atom stereocenters. The van der Waals surface area contributed by atoms with Crippen LogP contribution in [0.25, 0.3) is 5.69 Å². The fraction of sp³-hybridized carbons (Fsp3) is 0.304. The molecule has 9 heteroatoms. The largest absolute Gasteiger partial charge is 0.295 e. The van der Waals surface area contributed by atoms with E-state index in [0.717, 1.165) is 25.7 Å². The van der Waals surface area contributed by atoms with Gasteiger partial charge in [0.25, 0.3) is 11.5 Å². The van der Waals surface area contributed by atoms with Gasteiger partial charge in [-0.3, -0.25) is 25.1 Å². The maximum Gasteiger partial charge on any atom is 0.284 e. The van der Waals surface area contributed by atoms with Crippen LogP contribution in [0.3, 0.4) is 0 Å². The number of hydrazine groups is 1. The Hall–Kier alpha value is -2.77. The summed E-state index contributed by atoms with van der Waals surface area (Å²) in [5.74, 6) is -0.784. The molecule has 1 saturated carbocycles. The molecule has 168 valence electrons. The summed E-state index contributed by atoms with van der Waals surface area (Å²) in [6.45, 7) is 0.586. The number of halogens is 3. The number of amides is 1. The normalized spacial score (nSPS) is 14.3. The van der Waals surface area contributed by atoms with Crippen LogP contribution in [0, 0.1) is 11.7 Å². The smallest absolute Gasteiger partial charge is 0.284 e. The highest BCUT2D eigenvalue weighted by molar-refractivity contribution is 6.35. The highest BCUT2D eigenvalue weighted by atomic mass is 35.5. The molecule has 2 aromatic carbocycles. The average Bonchev–Trinajstić information content (AvgIpc) is 3.09. The van der Waals surface area contributed by atoms with E-state index in [4.69, 9.17) is 23.2 Å². The number of rotatable bonds is 6. The minimum atomic E-state index is -0.667. The van der Waals surface area contributed by atoms with Crippen molar-refractivity contribution in [3.63, 3.8) is 0 Å². The number of anilines is 1. The van der Waals surface area contributed by atoms with Crippen molar-refractivity contribution in [2.75, 3.05) is 5.43 Å². The standard InChI is InChI=1S/C23H23Cl2FN4O2/c24-16-10-11-21(18(25)12-16)30-23(32)17(14-29(30)13-15-6-2-1-3-7-15)22(31)28-27-20-9-5-4-8-19(20)26/h4-5,8-12,14-15,27H,1-3,6-7,13H2,(H,28,31). The third-order valence-corrected chi connectivity index (χ3v) is 6.23. The van der Waals surface area contributed by atoms with Crippen molar-refractivity contribution in [3.05, 3.63) is 80.4 Å². The van der Waals surface area contributed by atoms with E-state index in [1.165, 1.54) is 29.4 Å². The SMILES string of the molecule is O=C(NNc1ccccc1F)c1cn(CC2CCCCC2)n(-c2ccc(Cl)cc2Cl)c1=O. The summed E-state index contributed by atoms with van der Waals surface area (Å²) in [5.41, 5.74) is 4.89. The molecule has 0 aliphatic heterocycles. The molecule has 6 nitrogen and oxygen atoms in total. The molecule has 0 saturated heterocycles. The highest BCUT2D eigenvalue weighted by Crippen LogP contribution is 2.27. The molecule has 1 aromatic heterocycles. The molecule has 1 aliphatic rings. The van der Waals surface area contributed by atoms with Crippen molar-refractivity contribution in [2.45, 2.75) is 38.6 Å². The molecule has 1 aliphatic carbocycles. The lowest BCUT2D eigenvalue weighted by molar-refractivity contribution is 0.0961. The molecule has 3 aromatic rings. The van der Waals surface area contributed by atoms with Gasteiger partial charge in [-0.15, -0.1) is 0 Å². The van der Waals surface area contributed by atoms with Gasteiger partial charge in [-0.2, -0.15) is 0 Å².